The van der Waals surface area contributed by atoms with Gasteiger partial charge in [0.1, 0.15) is 11.7 Å². The molecule has 0 saturated carbocycles. The fourth-order valence-electron chi connectivity index (χ4n) is 2.81. The molecule has 1 amide bonds. The molecule has 1 atom stereocenters. The van der Waals surface area contributed by atoms with Crippen molar-refractivity contribution in [1.29, 1.82) is 0 Å². The molecule has 3 rings (SSSR count). The Morgan fingerprint density at radius 2 is 2.07 bits per heavy atom. The summed E-state index contributed by atoms with van der Waals surface area (Å²) < 4.78 is 10.9. The Bertz CT molecular complexity index is 991. The van der Waals surface area contributed by atoms with Crippen molar-refractivity contribution in [3.05, 3.63) is 46.5 Å². The van der Waals surface area contributed by atoms with Gasteiger partial charge < -0.3 is 24.9 Å². The van der Waals surface area contributed by atoms with E-state index in [1.807, 2.05) is 12.3 Å². The molecule has 8 heteroatoms. The van der Waals surface area contributed by atoms with Crippen molar-refractivity contribution in [2.24, 2.45) is 0 Å². The second kappa shape index (κ2) is 7.71. The van der Waals surface area contributed by atoms with Crippen molar-refractivity contribution in [2.45, 2.75) is 19.4 Å². The number of aromatic hydroxyl groups is 1. The first kappa shape index (κ1) is 18.8. The average molecular weight is 388 g/mol. The molecule has 2 aromatic heterocycles. The zero-order valence-corrected chi connectivity index (χ0v) is 16.0. The van der Waals surface area contributed by atoms with Gasteiger partial charge in [-0.3, -0.25) is 4.79 Å². The maximum absolute atomic E-state index is 12.6. The lowest BCUT2D eigenvalue weighted by atomic mass is 10.0. The summed E-state index contributed by atoms with van der Waals surface area (Å²) in [7, 11) is 2.71. The van der Waals surface area contributed by atoms with Crippen LogP contribution in [0.5, 0.6) is 11.5 Å². The third-order valence-electron chi connectivity index (χ3n) is 4.26. The lowest BCUT2D eigenvalue weighted by molar-refractivity contribution is -0.142. The van der Waals surface area contributed by atoms with Crippen LogP contribution in [0, 0.1) is 6.92 Å². The van der Waals surface area contributed by atoms with E-state index >= 15 is 0 Å². The number of fused-ring (bicyclic) bond motifs is 1. The maximum Gasteiger partial charge on any atom is 0.328 e. The van der Waals surface area contributed by atoms with Gasteiger partial charge in [-0.05, 0) is 41.6 Å². The highest BCUT2D eigenvalue weighted by atomic mass is 32.1. The summed E-state index contributed by atoms with van der Waals surface area (Å²) in [6.07, 6.45) is 0.198. The van der Waals surface area contributed by atoms with E-state index in [4.69, 9.17) is 9.47 Å². The number of thiophene rings is 1. The Kier molecular flexibility index (Phi) is 5.36. The Morgan fingerprint density at radius 1 is 1.30 bits per heavy atom. The van der Waals surface area contributed by atoms with Gasteiger partial charge in [0.2, 0.25) is 0 Å². The highest BCUT2D eigenvalue weighted by molar-refractivity contribution is 7.17. The van der Waals surface area contributed by atoms with Crippen molar-refractivity contribution in [3.63, 3.8) is 0 Å². The van der Waals surface area contributed by atoms with Crippen LogP contribution in [0.4, 0.5) is 0 Å². The topological polar surface area (TPSA) is 101 Å². The Morgan fingerprint density at radius 3 is 2.74 bits per heavy atom. The minimum Gasteiger partial charge on any atom is -0.504 e. The van der Waals surface area contributed by atoms with E-state index in [1.54, 1.807) is 29.5 Å². The zero-order valence-electron chi connectivity index (χ0n) is 15.2. The number of aromatic amines is 1. The molecule has 0 saturated heterocycles. The van der Waals surface area contributed by atoms with Crippen LogP contribution >= 0.6 is 11.3 Å². The molecule has 0 aliphatic heterocycles. The number of ether oxygens (including phenoxy) is 2. The second-order valence-corrected chi connectivity index (χ2v) is 7.01. The van der Waals surface area contributed by atoms with Gasteiger partial charge in [0.05, 0.1) is 24.4 Å². The number of hydrogen-bond acceptors (Lipinski definition) is 6. The molecule has 0 spiro atoms. The largest absolute Gasteiger partial charge is 0.504 e. The molecule has 2 heterocycles. The fraction of sp³-hybridized carbons (Fsp3) is 0.263. The zero-order chi connectivity index (χ0) is 19.6. The summed E-state index contributed by atoms with van der Waals surface area (Å²) in [5.41, 5.74) is 3.08. The van der Waals surface area contributed by atoms with E-state index in [2.05, 4.69) is 10.3 Å². The number of hydrogen-bond donors (Lipinski definition) is 3. The Balaban J connectivity index is 1.80. The molecule has 1 aromatic carbocycles. The van der Waals surface area contributed by atoms with Crippen molar-refractivity contribution in [3.8, 4) is 11.5 Å². The molecule has 0 aliphatic carbocycles. The molecule has 3 aromatic rings. The van der Waals surface area contributed by atoms with Gasteiger partial charge in [0.15, 0.2) is 11.5 Å². The molecule has 0 bridgehead atoms. The smallest absolute Gasteiger partial charge is 0.328 e. The molecular formula is C19H20N2O5S. The van der Waals surface area contributed by atoms with Gasteiger partial charge >= 0.3 is 5.97 Å². The Hall–Kier alpha value is -3.00. The number of carbonyl (C=O) groups is 2. The van der Waals surface area contributed by atoms with Crippen LogP contribution in [0.1, 0.15) is 21.6 Å². The quantitative estimate of drug-likeness (QED) is 0.564. The SMILES string of the molecule is COC(=O)C(Cc1ccc(O)c(OC)c1)NC(=O)c1cc2scc(C)c2[nH]1. The molecule has 0 radical (unpaired) electrons. The molecule has 142 valence electrons. The van der Waals surface area contributed by atoms with Crippen LogP contribution in [0.2, 0.25) is 0 Å². The van der Waals surface area contributed by atoms with E-state index in [-0.39, 0.29) is 18.1 Å². The maximum atomic E-state index is 12.6. The molecular weight excluding hydrogens is 368 g/mol. The van der Waals surface area contributed by atoms with Crippen LogP contribution < -0.4 is 10.1 Å². The lowest BCUT2D eigenvalue weighted by Gasteiger charge is -2.17. The van der Waals surface area contributed by atoms with Crippen LogP contribution in [0.3, 0.4) is 0 Å². The van der Waals surface area contributed by atoms with Crippen molar-refractivity contribution >= 4 is 33.4 Å². The van der Waals surface area contributed by atoms with Gasteiger partial charge in [-0.1, -0.05) is 6.07 Å². The van der Waals surface area contributed by atoms with Gasteiger partial charge in [0, 0.05) is 6.42 Å². The van der Waals surface area contributed by atoms with E-state index in [1.165, 1.54) is 20.3 Å². The standard InChI is InChI=1S/C19H20N2O5S/c1-10-9-27-16-8-12(20-17(10)16)18(23)21-13(19(24)26-3)6-11-4-5-14(22)15(7-11)25-2/h4-5,7-9,13,20,22H,6H2,1-3H3,(H,21,23). The number of methoxy groups -OCH3 is 2. The number of H-pyrrole nitrogens is 1. The number of nitrogens with one attached hydrogen (secondary N) is 2. The summed E-state index contributed by atoms with van der Waals surface area (Å²) in [6.45, 7) is 1.96. The van der Waals surface area contributed by atoms with E-state index in [0.717, 1.165) is 15.8 Å². The van der Waals surface area contributed by atoms with Crippen LogP contribution in [0.25, 0.3) is 10.2 Å². The third-order valence-corrected chi connectivity index (χ3v) is 5.31. The highest BCUT2D eigenvalue weighted by Crippen LogP contribution is 2.27. The summed E-state index contributed by atoms with van der Waals surface area (Å²) in [6, 6.07) is 5.64. The van der Waals surface area contributed by atoms with Crippen molar-refractivity contribution in [1.82, 2.24) is 10.3 Å². The summed E-state index contributed by atoms with van der Waals surface area (Å²) in [5.74, 6) is -0.650. The minimum atomic E-state index is -0.876. The molecule has 1 unspecified atom stereocenters. The number of aryl methyl sites for hydroxylation is 1. The molecule has 27 heavy (non-hydrogen) atoms. The number of esters is 1. The monoisotopic (exact) mass is 388 g/mol. The first-order chi connectivity index (χ1) is 12.9. The summed E-state index contributed by atoms with van der Waals surface area (Å²) in [4.78, 5) is 27.9. The van der Waals surface area contributed by atoms with Crippen LogP contribution in [0.15, 0.2) is 29.6 Å². The lowest BCUT2D eigenvalue weighted by Crippen LogP contribution is -2.43. The number of carbonyl (C=O) groups excluding carboxylic acids is 2. The van der Waals surface area contributed by atoms with Crippen LogP contribution in [-0.4, -0.2) is 42.2 Å². The predicted octanol–water partition coefficient (Wildman–Crippen LogP) is 2.77. The van der Waals surface area contributed by atoms with E-state index < -0.39 is 12.0 Å². The van der Waals surface area contributed by atoms with E-state index in [0.29, 0.717) is 17.0 Å². The highest BCUT2D eigenvalue weighted by Gasteiger charge is 2.24. The summed E-state index contributed by atoms with van der Waals surface area (Å²) >= 11 is 1.55. The molecule has 7 nitrogen and oxygen atoms in total. The Labute approximate surface area is 159 Å². The number of amides is 1. The number of aromatic nitrogens is 1. The van der Waals surface area contributed by atoms with Gasteiger partial charge in [-0.25, -0.2) is 4.79 Å². The molecule has 0 fully saturated rings. The summed E-state index contributed by atoms with van der Waals surface area (Å²) in [5, 5.41) is 14.4. The third kappa shape index (κ3) is 3.90. The van der Waals surface area contributed by atoms with Crippen molar-refractivity contribution in [2.75, 3.05) is 14.2 Å². The number of phenols is 1. The molecule has 0 aliphatic rings. The fourth-order valence-corrected chi connectivity index (χ4v) is 3.75. The number of rotatable bonds is 6. The average Bonchev–Trinajstić information content (AvgIpc) is 3.24. The molecule has 3 N–H and O–H groups in total. The minimum absolute atomic E-state index is 0.00160. The first-order valence-corrected chi connectivity index (χ1v) is 9.12. The first-order valence-electron chi connectivity index (χ1n) is 8.24. The van der Waals surface area contributed by atoms with Gasteiger partial charge in [-0.2, -0.15) is 0 Å². The van der Waals surface area contributed by atoms with E-state index in [9.17, 15) is 14.7 Å². The second-order valence-electron chi connectivity index (χ2n) is 6.10. The number of phenolic OH excluding ortho intramolecular Hbond substituents is 1. The predicted molar refractivity (Wildman–Crippen MR) is 103 cm³/mol. The van der Waals surface area contributed by atoms with Gasteiger partial charge in [-0.15, -0.1) is 11.3 Å². The van der Waals surface area contributed by atoms with Gasteiger partial charge in [0.25, 0.3) is 5.91 Å². The van der Waals surface area contributed by atoms with Crippen molar-refractivity contribution < 1.29 is 24.2 Å². The van der Waals surface area contributed by atoms with Crippen LogP contribution in [-0.2, 0) is 16.0 Å². The number of benzene rings is 1. The normalized spacial score (nSPS) is 12.0.